The Labute approximate surface area is 141 Å². The number of hydrogen-bond donors (Lipinski definition) is 2. The maximum Gasteiger partial charge on any atom is 0.191 e. The minimum absolute atomic E-state index is 0.496. The van der Waals surface area contributed by atoms with Gasteiger partial charge >= 0.3 is 0 Å². The number of aliphatic imine (C=N–C) groups is 1. The number of aryl methyl sites for hydroxylation is 2. The van der Waals surface area contributed by atoms with Gasteiger partial charge in [0.1, 0.15) is 0 Å². The smallest absolute Gasteiger partial charge is 0.191 e. The minimum Gasteiger partial charge on any atom is -0.356 e. The van der Waals surface area contributed by atoms with Crippen molar-refractivity contribution in [2.24, 2.45) is 16.3 Å². The third kappa shape index (κ3) is 4.72. The number of aromatic nitrogens is 2. The van der Waals surface area contributed by atoms with Crippen LogP contribution in [0, 0.1) is 25.2 Å². The molecule has 1 aromatic rings. The molecule has 23 heavy (non-hydrogen) atoms. The van der Waals surface area contributed by atoms with Crippen LogP contribution in [0.3, 0.4) is 0 Å². The van der Waals surface area contributed by atoms with Gasteiger partial charge in [0.15, 0.2) is 5.96 Å². The molecule has 0 saturated heterocycles. The number of nitrogens with zero attached hydrogens (tertiary/aromatic N) is 3. The largest absolute Gasteiger partial charge is 0.356 e. The van der Waals surface area contributed by atoms with E-state index in [0.717, 1.165) is 31.3 Å². The molecule has 1 atom stereocenters. The van der Waals surface area contributed by atoms with Crippen LogP contribution in [0.1, 0.15) is 50.9 Å². The molecule has 5 heteroatoms. The summed E-state index contributed by atoms with van der Waals surface area (Å²) in [6.07, 6.45) is 5.33. The number of guanidine groups is 1. The van der Waals surface area contributed by atoms with Crippen LogP contribution >= 0.6 is 0 Å². The lowest BCUT2D eigenvalue weighted by Gasteiger charge is -2.41. The molecule has 0 amide bonds. The highest BCUT2D eigenvalue weighted by atomic mass is 15.3. The summed E-state index contributed by atoms with van der Waals surface area (Å²) in [7, 11) is 1.85. The summed E-state index contributed by atoms with van der Waals surface area (Å²) in [5.41, 5.74) is 2.82. The van der Waals surface area contributed by atoms with Crippen LogP contribution in [-0.2, 0) is 6.54 Å². The molecule has 0 radical (unpaired) electrons. The third-order valence-corrected chi connectivity index (χ3v) is 5.22. The van der Waals surface area contributed by atoms with Gasteiger partial charge in [-0.15, -0.1) is 0 Å². The molecule has 0 spiro atoms. The molecular weight excluding hydrogens is 286 g/mol. The fraction of sp³-hybridized carbons (Fsp3) is 0.778. The maximum atomic E-state index is 4.54. The Morgan fingerprint density at radius 3 is 2.61 bits per heavy atom. The molecular formula is C18H33N5. The first-order valence-corrected chi connectivity index (χ1v) is 8.93. The highest BCUT2D eigenvalue weighted by Crippen LogP contribution is 2.42. The second-order valence-corrected chi connectivity index (χ2v) is 7.23. The highest BCUT2D eigenvalue weighted by molar-refractivity contribution is 5.79. The van der Waals surface area contributed by atoms with Crippen LogP contribution in [0.4, 0.5) is 0 Å². The predicted octanol–water partition coefficient (Wildman–Crippen LogP) is 2.88. The first kappa shape index (κ1) is 17.8. The van der Waals surface area contributed by atoms with E-state index < -0.39 is 0 Å². The SMILES string of the molecule is CCC1(CNC(=NC)NCC(C)Cn2nc(C)cc2C)CCC1. The topological polar surface area (TPSA) is 54.2 Å². The molecule has 0 aliphatic heterocycles. The zero-order chi connectivity index (χ0) is 16.9. The zero-order valence-electron chi connectivity index (χ0n) is 15.4. The maximum absolute atomic E-state index is 4.54. The summed E-state index contributed by atoms with van der Waals surface area (Å²) in [6.45, 7) is 11.6. The summed E-state index contributed by atoms with van der Waals surface area (Å²) >= 11 is 0. The molecule has 1 heterocycles. The van der Waals surface area contributed by atoms with Gasteiger partial charge in [0, 0.05) is 32.4 Å². The van der Waals surface area contributed by atoms with E-state index in [4.69, 9.17) is 0 Å². The molecule has 1 aromatic heterocycles. The van der Waals surface area contributed by atoms with Crippen molar-refractivity contribution in [2.45, 2.75) is 59.9 Å². The van der Waals surface area contributed by atoms with Crippen molar-refractivity contribution in [3.05, 3.63) is 17.5 Å². The Balaban J connectivity index is 1.75. The first-order chi connectivity index (χ1) is 11.0. The number of nitrogens with one attached hydrogen (secondary N) is 2. The van der Waals surface area contributed by atoms with Crippen molar-refractivity contribution < 1.29 is 0 Å². The summed E-state index contributed by atoms with van der Waals surface area (Å²) < 4.78 is 2.10. The molecule has 1 aliphatic carbocycles. The molecule has 1 saturated carbocycles. The van der Waals surface area contributed by atoms with Gasteiger partial charge in [-0.25, -0.2) is 0 Å². The minimum atomic E-state index is 0.496. The monoisotopic (exact) mass is 319 g/mol. The van der Waals surface area contributed by atoms with Crippen molar-refractivity contribution in [3.8, 4) is 0 Å². The first-order valence-electron chi connectivity index (χ1n) is 8.93. The third-order valence-electron chi connectivity index (χ3n) is 5.22. The summed E-state index contributed by atoms with van der Waals surface area (Å²) in [5.74, 6) is 1.42. The van der Waals surface area contributed by atoms with Gasteiger partial charge in [-0.05, 0) is 50.5 Å². The Bertz CT molecular complexity index is 522. The molecule has 1 aliphatic rings. The second kappa shape index (κ2) is 7.84. The van der Waals surface area contributed by atoms with Crippen LogP contribution in [0.2, 0.25) is 0 Å². The van der Waals surface area contributed by atoms with Crippen molar-refractivity contribution in [3.63, 3.8) is 0 Å². The van der Waals surface area contributed by atoms with Gasteiger partial charge in [-0.1, -0.05) is 20.3 Å². The van der Waals surface area contributed by atoms with Gasteiger partial charge in [-0.3, -0.25) is 9.67 Å². The normalized spacial score (nSPS) is 18.4. The highest BCUT2D eigenvalue weighted by Gasteiger charge is 2.34. The number of hydrogen-bond acceptors (Lipinski definition) is 2. The van der Waals surface area contributed by atoms with Crippen molar-refractivity contribution in [2.75, 3.05) is 20.1 Å². The lowest BCUT2D eigenvalue weighted by atomic mass is 9.67. The van der Waals surface area contributed by atoms with Crippen LogP contribution < -0.4 is 10.6 Å². The molecule has 130 valence electrons. The molecule has 2 rings (SSSR count). The molecule has 5 nitrogen and oxygen atoms in total. The van der Waals surface area contributed by atoms with E-state index in [-0.39, 0.29) is 0 Å². The lowest BCUT2D eigenvalue weighted by molar-refractivity contribution is 0.131. The second-order valence-electron chi connectivity index (χ2n) is 7.23. The van der Waals surface area contributed by atoms with E-state index in [0.29, 0.717) is 11.3 Å². The molecule has 2 N–H and O–H groups in total. The molecule has 1 unspecified atom stereocenters. The van der Waals surface area contributed by atoms with E-state index in [1.54, 1.807) is 0 Å². The van der Waals surface area contributed by atoms with Gasteiger partial charge < -0.3 is 10.6 Å². The van der Waals surface area contributed by atoms with Gasteiger partial charge in [0.25, 0.3) is 0 Å². The summed E-state index contributed by atoms with van der Waals surface area (Å²) in [4.78, 5) is 4.36. The zero-order valence-corrected chi connectivity index (χ0v) is 15.4. The van der Waals surface area contributed by atoms with E-state index >= 15 is 0 Å². The lowest BCUT2D eigenvalue weighted by Crippen LogP contribution is -2.47. The van der Waals surface area contributed by atoms with Crippen molar-refractivity contribution in [1.29, 1.82) is 0 Å². The van der Waals surface area contributed by atoms with Gasteiger partial charge in [-0.2, -0.15) is 5.10 Å². The average molecular weight is 319 g/mol. The van der Waals surface area contributed by atoms with Gasteiger partial charge in [0.05, 0.1) is 5.69 Å². The van der Waals surface area contributed by atoms with Crippen molar-refractivity contribution in [1.82, 2.24) is 20.4 Å². The van der Waals surface area contributed by atoms with E-state index in [1.807, 2.05) is 14.0 Å². The molecule has 0 bridgehead atoms. The van der Waals surface area contributed by atoms with E-state index in [2.05, 4.69) is 52.2 Å². The quantitative estimate of drug-likeness (QED) is 0.600. The Morgan fingerprint density at radius 1 is 1.39 bits per heavy atom. The summed E-state index contributed by atoms with van der Waals surface area (Å²) in [5, 5.41) is 11.5. The fourth-order valence-corrected chi connectivity index (χ4v) is 3.31. The van der Waals surface area contributed by atoms with Gasteiger partial charge in [0.2, 0.25) is 0 Å². The standard InChI is InChI=1S/C18H33N5/c1-6-18(8-7-9-18)13-21-17(19-5)20-11-14(2)12-23-16(4)10-15(3)22-23/h10,14H,6-9,11-13H2,1-5H3,(H2,19,20,21). The van der Waals surface area contributed by atoms with Crippen LogP contribution in [0.5, 0.6) is 0 Å². The number of rotatable bonds is 7. The van der Waals surface area contributed by atoms with Crippen LogP contribution in [0.15, 0.2) is 11.1 Å². The predicted molar refractivity (Wildman–Crippen MR) is 96.8 cm³/mol. The Morgan fingerprint density at radius 2 is 2.13 bits per heavy atom. The molecule has 1 fully saturated rings. The fourth-order valence-electron chi connectivity index (χ4n) is 3.31. The Hall–Kier alpha value is -1.52. The van der Waals surface area contributed by atoms with Crippen LogP contribution in [-0.4, -0.2) is 35.9 Å². The van der Waals surface area contributed by atoms with Crippen molar-refractivity contribution >= 4 is 5.96 Å². The molecule has 0 aromatic carbocycles. The van der Waals surface area contributed by atoms with E-state index in [9.17, 15) is 0 Å². The Kier molecular flexibility index (Phi) is 6.08. The van der Waals surface area contributed by atoms with E-state index in [1.165, 1.54) is 31.4 Å². The average Bonchev–Trinajstić information content (AvgIpc) is 2.79. The summed E-state index contributed by atoms with van der Waals surface area (Å²) in [6, 6.07) is 2.13. The van der Waals surface area contributed by atoms with Crippen LogP contribution in [0.25, 0.3) is 0 Å².